The van der Waals surface area contributed by atoms with Crippen LogP contribution in [0.3, 0.4) is 0 Å². The highest BCUT2D eigenvalue weighted by atomic mass is 32.2. The highest BCUT2D eigenvalue weighted by Gasteiger charge is 2.46. The molecule has 0 aliphatic carbocycles. The minimum atomic E-state index is -4.93. The van der Waals surface area contributed by atoms with Gasteiger partial charge in [0.05, 0.1) is 23.6 Å². The maximum atomic E-state index is 14.0. The van der Waals surface area contributed by atoms with E-state index in [0.29, 0.717) is 5.69 Å². The number of benzene rings is 2. The van der Waals surface area contributed by atoms with Crippen molar-refractivity contribution in [2.24, 2.45) is 0 Å². The van der Waals surface area contributed by atoms with Crippen molar-refractivity contribution in [3.63, 3.8) is 0 Å². The maximum Gasteiger partial charge on any atom is 0.573 e. The highest BCUT2D eigenvalue weighted by molar-refractivity contribution is 7.88. The number of anilines is 1. The second-order valence-electron chi connectivity index (χ2n) is 9.50. The third-order valence-electron chi connectivity index (χ3n) is 6.07. The van der Waals surface area contributed by atoms with Gasteiger partial charge in [-0.15, -0.1) is 18.3 Å². The van der Waals surface area contributed by atoms with Gasteiger partial charge < -0.3 is 4.74 Å². The van der Waals surface area contributed by atoms with Gasteiger partial charge in [0.1, 0.15) is 11.4 Å². The number of Topliss-reactive ketones (excluding diaryl/α,β-unsaturated/α-hetero) is 1. The van der Waals surface area contributed by atoms with E-state index in [0.717, 1.165) is 28.9 Å². The number of aromatic nitrogens is 2. The number of aryl methyl sites for hydroxylation is 1. The molecule has 9 nitrogen and oxygen atoms in total. The molecule has 0 radical (unpaired) electrons. The number of carbonyl (C=O) groups is 2. The van der Waals surface area contributed by atoms with Crippen LogP contribution in [0.5, 0.6) is 5.75 Å². The van der Waals surface area contributed by atoms with Crippen LogP contribution in [-0.4, -0.2) is 42.9 Å². The number of rotatable bonds is 8. The van der Waals surface area contributed by atoms with E-state index in [2.05, 4.69) is 19.7 Å². The van der Waals surface area contributed by atoms with Crippen molar-refractivity contribution in [1.82, 2.24) is 14.9 Å². The van der Waals surface area contributed by atoms with Gasteiger partial charge in [0.25, 0.3) is 5.91 Å². The molecule has 13 heteroatoms. The Kier molecular flexibility index (Phi) is 7.70. The van der Waals surface area contributed by atoms with Crippen molar-refractivity contribution < 1.29 is 35.9 Å². The van der Waals surface area contributed by atoms with Crippen LogP contribution >= 0.6 is 0 Å². The summed E-state index contributed by atoms with van der Waals surface area (Å²) < 4.78 is 68.9. The average molecular weight is 575 g/mol. The third kappa shape index (κ3) is 6.30. The summed E-state index contributed by atoms with van der Waals surface area (Å²) in [6.45, 7) is 5.63. The lowest BCUT2D eigenvalue weighted by atomic mass is 9.91. The van der Waals surface area contributed by atoms with Gasteiger partial charge in [-0.3, -0.25) is 19.2 Å². The van der Waals surface area contributed by atoms with Crippen molar-refractivity contribution in [3.8, 4) is 5.75 Å². The molecule has 40 heavy (non-hydrogen) atoms. The van der Waals surface area contributed by atoms with Crippen LogP contribution in [0.4, 0.5) is 19.0 Å². The Labute approximate surface area is 228 Å². The van der Waals surface area contributed by atoms with Crippen molar-refractivity contribution in [2.75, 3.05) is 11.2 Å². The fraction of sp³-hybridized carbons (Fsp3) is 0.259. The molecule has 1 atom stereocenters. The molecule has 1 N–H and O–H groups in total. The van der Waals surface area contributed by atoms with Gasteiger partial charge >= 0.3 is 6.36 Å². The van der Waals surface area contributed by atoms with Crippen molar-refractivity contribution in [2.45, 2.75) is 39.1 Å². The van der Waals surface area contributed by atoms with Crippen LogP contribution in [0.15, 0.2) is 71.9 Å². The Bertz CT molecular complexity index is 1570. The molecule has 4 rings (SSSR count). The molecule has 2 aromatic carbocycles. The Balaban J connectivity index is 1.91. The largest absolute Gasteiger partial charge is 0.573 e. The number of alkyl halides is 3. The summed E-state index contributed by atoms with van der Waals surface area (Å²) in [6.07, 6.45) is -4.09. The molecule has 1 aromatic heterocycles. The first kappa shape index (κ1) is 28.7. The van der Waals surface area contributed by atoms with Gasteiger partial charge in [-0.05, 0) is 48.2 Å². The van der Waals surface area contributed by atoms with Gasteiger partial charge in [0.15, 0.2) is 11.6 Å². The molecular formula is C27H25F3N4O5S. The molecule has 0 unspecified atom stereocenters. The molecule has 0 fully saturated rings. The summed E-state index contributed by atoms with van der Waals surface area (Å²) in [4.78, 5) is 28.8. The highest BCUT2D eigenvalue weighted by Crippen LogP contribution is 2.42. The number of amides is 1. The molecule has 210 valence electrons. The van der Waals surface area contributed by atoms with Crippen molar-refractivity contribution in [3.05, 3.63) is 94.3 Å². The Morgan fingerprint density at radius 3 is 2.12 bits per heavy atom. The van der Waals surface area contributed by atoms with E-state index in [9.17, 15) is 31.2 Å². The lowest BCUT2D eigenvalue weighted by Gasteiger charge is -2.26. The average Bonchev–Trinajstić information content (AvgIpc) is 3.14. The normalized spacial score (nSPS) is 16.1. The second-order valence-corrected chi connectivity index (χ2v) is 11.2. The number of nitrogens with one attached hydrogen (secondary N) is 1. The quantitative estimate of drug-likeness (QED) is 0.391. The minimum absolute atomic E-state index is 0.00183. The lowest BCUT2D eigenvalue weighted by Crippen LogP contribution is -2.34. The third-order valence-corrected chi connectivity index (χ3v) is 6.64. The SMILES string of the molecule is Cc1ccc(N2C(=O)C(NS(C)(=O)=O)=C(C(=O)c3ccc(C(C)C)cc3)[C@H]2c2ccc(OC(F)(F)F)cc2)nn1. The first-order chi connectivity index (χ1) is 18.6. The van der Waals surface area contributed by atoms with Gasteiger partial charge in [-0.2, -0.15) is 5.10 Å². The van der Waals surface area contributed by atoms with Crippen LogP contribution in [0.25, 0.3) is 0 Å². The van der Waals surface area contributed by atoms with Crippen LogP contribution in [-0.2, 0) is 14.8 Å². The zero-order valence-corrected chi connectivity index (χ0v) is 22.7. The number of nitrogens with zero attached hydrogens (tertiary/aromatic N) is 3. The molecule has 1 aliphatic heterocycles. The molecule has 3 aromatic rings. The molecular weight excluding hydrogens is 549 g/mol. The van der Waals surface area contributed by atoms with Gasteiger partial charge in [0.2, 0.25) is 10.0 Å². The minimum Gasteiger partial charge on any atom is -0.406 e. The van der Waals surface area contributed by atoms with Crippen LogP contribution in [0.2, 0.25) is 0 Å². The number of hydrogen-bond acceptors (Lipinski definition) is 7. The number of carbonyl (C=O) groups excluding carboxylic acids is 2. The fourth-order valence-corrected chi connectivity index (χ4v) is 4.81. The summed E-state index contributed by atoms with van der Waals surface area (Å²) >= 11 is 0. The summed E-state index contributed by atoms with van der Waals surface area (Å²) in [7, 11) is -4.04. The number of halogens is 3. The first-order valence-corrected chi connectivity index (χ1v) is 13.9. The maximum absolute atomic E-state index is 14.0. The Hall–Kier alpha value is -4.26. The first-order valence-electron chi connectivity index (χ1n) is 12.0. The number of sulfonamides is 1. The standard InChI is InChI=1S/C27H25F3N4O5S/c1-15(2)17-6-8-19(9-7-17)25(35)22-23(33-40(4,37)38)26(36)34(21-14-5-16(3)31-32-21)24(22)18-10-12-20(13-11-18)39-27(28,29)30/h5-15,24,33H,1-4H3/t24-/m1/s1. The second kappa shape index (κ2) is 10.7. The van der Waals surface area contributed by atoms with E-state index >= 15 is 0 Å². The summed E-state index contributed by atoms with van der Waals surface area (Å²) in [5, 5.41) is 8.01. The summed E-state index contributed by atoms with van der Waals surface area (Å²) in [5.41, 5.74) is 1.15. The molecule has 2 heterocycles. The van der Waals surface area contributed by atoms with Crippen LogP contribution in [0, 0.1) is 6.92 Å². The monoisotopic (exact) mass is 574 g/mol. The smallest absolute Gasteiger partial charge is 0.406 e. The van der Waals surface area contributed by atoms with Gasteiger partial charge in [-0.25, -0.2) is 8.42 Å². The van der Waals surface area contributed by atoms with Crippen LogP contribution < -0.4 is 14.4 Å². The molecule has 0 saturated heterocycles. The fourth-order valence-electron chi connectivity index (χ4n) is 4.24. The predicted molar refractivity (Wildman–Crippen MR) is 140 cm³/mol. The van der Waals surface area contributed by atoms with E-state index in [1.54, 1.807) is 37.3 Å². The van der Waals surface area contributed by atoms with E-state index < -0.39 is 45.6 Å². The lowest BCUT2D eigenvalue weighted by molar-refractivity contribution is -0.274. The summed E-state index contributed by atoms with van der Waals surface area (Å²) in [6, 6.07) is 13.0. The topological polar surface area (TPSA) is 119 Å². The number of ether oxygens (including phenoxy) is 1. The van der Waals surface area contributed by atoms with E-state index in [1.807, 2.05) is 13.8 Å². The van der Waals surface area contributed by atoms with Crippen molar-refractivity contribution in [1.29, 1.82) is 0 Å². The summed E-state index contributed by atoms with van der Waals surface area (Å²) in [5.74, 6) is -1.87. The molecule has 1 amide bonds. The van der Waals surface area contributed by atoms with E-state index in [-0.39, 0.29) is 28.4 Å². The van der Waals surface area contributed by atoms with Crippen LogP contribution in [0.1, 0.15) is 53.0 Å². The molecule has 0 saturated carbocycles. The van der Waals surface area contributed by atoms with Gasteiger partial charge in [-0.1, -0.05) is 50.2 Å². The predicted octanol–water partition coefficient (Wildman–Crippen LogP) is 4.58. The zero-order valence-electron chi connectivity index (χ0n) is 21.9. The Morgan fingerprint density at radius 2 is 1.62 bits per heavy atom. The zero-order chi connectivity index (χ0) is 29.4. The number of hydrogen-bond donors (Lipinski definition) is 1. The van der Waals surface area contributed by atoms with E-state index in [1.165, 1.54) is 18.2 Å². The molecule has 0 spiro atoms. The molecule has 0 bridgehead atoms. The van der Waals surface area contributed by atoms with Gasteiger partial charge in [0, 0.05) is 5.56 Å². The molecule has 1 aliphatic rings. The Morgan fingerprint density at radius 1 is 1.00 bits per heavy atom. The van der Waals surface area contributed by atoms with E-state index in [4.69, 9.17) is 0 Å². The van der Waals surface area contributed by atoms with Crippen molar-refractivity contribution >= 4 is 27.5 Å². The number of ketones is 1.